The van der Waals surface area contributed by atoms with Crippen LogP contribution in [0, 0.1) is 10.1 Å². The van der Waals surface area contributed by atoms with Crippen molar-refractivity contribution in [3.05, 3.63) is 75.8 Å². The molecule has 0 spiro atoms. The number of non-ortho nitro benzene ring substituents is 1. The Morgan fingerprint density at radius 3 is 2.54 bits per heavy atom. The normalized spacial score (nSPS) is 17.1. The zero-order valence-corrected chi connectivity index (χ0v) is 14.3. The fourth-order valence-electron chi connectivity index (χ4n) is 2.86. The van der Waals surface area contributed by atoms with Crippen LogP contribution in [0.25, 0.3) is 11.6 Å². The number of ether oxygens (including phenoxy) is 1. The maximum atomic E-state index is 12.7. The molecule has 2 aromatic rings. The molecule has 1 amide bonds. The number of nitrogens with zero attached hydrogens (tertiary/aromatic N) is 1. The van der Waals surface area contributed by atoms with Gasteiger partial charge in [0.25, 0.3) is 11.6 Å². The third-order valence-corrected chi connectivity index (χ3v) is 4.26. The minimum atomic E-state index is -0.445. The molecule has 0 aromatic heterocycles. The number of rotatable bonds is 6. The predicted molar refractivity (Wildman–Crippen MR) is 99.4 cm³/mol. The summed E-state index contributed by atoms with van der Waals surface area (Å²) in [5, 5.41) is 13.7. The summed E-state index contributed by atoms with van der Waals surface area (Å²) in [5.41, 5.74) is 2.04. The predicted octanol–water partition coefficient (Wildman–Crippen LogP) is 3.43. The lowest BCUT2D eigenvalue weighted by Crippen LogP contribution is -2.32. The van der Waals surface area contributed by atoms with Crippen molar-refractivity contribution in [2.24, 2.45) is 0 Å². The fourth-order valence-corrected chi connectivity index (χ4v) is 2.86. The molecular formula is C20H20N2O4. The molecular weight excluding hydrogens is 332 g/mol. The van der Waals surface area contributed by atoms with E-state index in [1.54, 1.807) is 18.2 Å². The number of amides is 1. The van der Waals surface area contributed by atoms with E-state index < -0.39 is 4.92 Å². The zero-order chi connectivity index (χ0) is 18.4. The van der Waals surface area contributed by atoms with E-state index in [4.69, 9.17) is 4.74 Å². The number of benzene rings is 2. The van der Waals surface area contributed by atoms with E-state index in [0.717, 1.165) is 30.6 Å². The number of carbonyl (C=O) groups excluding carboxylic acids is 1. The highest BCUT2D eigenvalue weighted by Crippen LogP contribution is 2.21. The van der Waals surface area contributed by atoms with E-state index in [-0.39, 0.29) is 17.7 Å². The third-order valence-electron chi connectivity index (χ3n) is 4.26. The lowest BCUT2D eigenvalue weighted by atomic mass is 10.0. The number of nitrogens with one attached hydrogen (secondary N) is 1. The Bertz CT molecular complexity index is 794. The van der Waals surface area contributed by atoms with Crippen LogP contribution in [0.2, 0.25) is 0 Å². The molecule has 134 valence electrons. The first kappa shape index (κ1) is 17.8. The van der Waals surface area contributed by atoms with Gasteiger partial charge in [0.15, 0.2) is 0 Å². The Balaban J connectivity index is 1.82. The lowest BCUT2D eigenvalue weighted by molar-refractivity contribution is -0.384. The van der Waals surface area contributed by atoms with E-state index >= 15 is 0 Å². The molecule has 1 fully saturated rings. The van der Waals surface area contributed by atoms with Crippen LogP contribution in [-0.4, -0.2) is 30.1 Å². The minimum absolute atomic E-state index is 0.0197. The quantitative estimate of drug-likeness (QED) is 0.374. The van der Waals surface area contributed by atoms with Crippen LogP contribution < -0.4 is 5.32 Å². The van der Waals surface area contributed by atoms with Gasteiger partial charge in [0.05, 0.1) is 11.0 Å². The number of nitro groups is 1. The topological polar surface area (TPSA) is 81.5 Å². The smallest absolute Gasteiger partial charge is 0.269 e. The molecule has 1 aliphatic heterocycles. The van der Waals surface area contributed by atoms with Crippen molar-refractivity contribution in [1.29, 1.82) is 0 Å². The largest absolute Gasteiger partial charge is 0.376 e. The van der Waals surface area contributed by atoms with Crippen LogP contribution in [0.4, 0.5) is 5.69 Å². The van der Waals surface area contributed by atoms with Crippen LogP contribution in [0.3, 0.4) is 0 Å². The van der Waals surface area contributed by atoms with Gasteiger partial charge in [-0.2, -0.15) is 0 Å². The summed E-state index contributed by atoms with van der Waals surface area (Å²) in [6, 6.07) is 15.5. The molecule has 6 heteroatoms. The van der Waals surface area contributed by atoms with Crippen molar-refractivity contribution in [2.45, 2.75) is 18.9 Å². The van der Waals surface area contributed by atoms with Gasteiger partial charge in [-0.05, 0) is 42.2 Å². The van der Waals surface area contributed by atoms with Gasteiger partial charge in [-0.3, -0.25) is 14.9 Å². The van der Waals surface area contributed by atoms with E-state index in [1.165, 1.54) is 12.1 Å². The van der Waals surface area contributed by atoms with Crippen molar-refractivity contribution in [1.82, 2.24) is 5.32 Å². The summed E-state index contributed by atoms with van der Waals surface area (Å²) in [6.45, 7) is 1.22. The summed E-state index contributed by atoms with van der Waals surface area (Å²) in [6.07, 6.45) is 3.78. The lowest BCUT2D eigenvalue weighted by Gasteiger charge is -2.13. The van der Waals surface area contributed by atoms with Crippen LogP contribution >= 0.6 is 0 Å². The van der Waals surface area contributed by atoms with Crippen LogP contribution in [0.1, 0.15) is 24.0 Å². The Labute approximate surface area is 151 Å². The summed E-state index contributed by atoms with van der Waals surface area (Å²) in [7, 11) is 0. The van der Waals surface area contributed by atoms with Crippen molar-refractivity contribution in [2.75, 3.05) is 13.2 Å². The highest BCUT2D eigenvalue weighted by Gasteiger charge is 2.18. The average Bonchev–Trinajstić information content (AvgIpc) is 3.19. The van der Waals surface area contributed by atoms with Crippen LogP contribution in [0.5, 0.6) is 0 Å². The Hall–Kier alpha value is -2.99. The SMILES string of the molecule is O=C(NC[C@H]1CCCO1)/C(=C/c1ccc([N+](=O)[O-])cc1)c1ccccc1. The molecule has 1 saturated heterocycles. The third kappa shape index (κ3) is 4.55. The summed E-state index contributed by atoms with van der Waals surface area (Å²) in [4.78, 5) is 23.1. The number of hydrogen-bond acceptors (Lipinski definition) is 4. The first-order valence-electron chi connectivity index (χ1n) is 8.55. The molecule has 0 saturated carbocycles. The van der Waals surface area contributed by atoms with Crippen molar-refractivity contribution in [3.8, 4) is 0 Å². The summed E-state index contributed by atoms with van der Waals surface area (Å²) >= 11 is 0. The maximum absolute atomic E-state index is 12.7. The monoisotopic (exact) mass is 352 g/mol. The standard InChI is InChI=1S/C20H20N2O4/c23-20(21-14-18-7-4-12-26-18)19(16-5-2-1-3-6-16)13-15-8-10-17(11-9-15)22(24)25/h1-3,5-6,8-11,13,18H,4,7,12,14H2,(H,21,23)/b19-13+/t18-/m1/s1. The maximum Gasteiger partial charge on any atom is 0.269 e. The van der Waals surface area contributed by atoms with Gasteiger partial charge >= 0.3 is 0 Å². The first-order chi connectivity index (χ1) is 12.6. The van der Waals surface area contributed by atoms with Gasteiger partial charge in [-0.25, -0.2) is 0 Å². The molecule has 6 nitrogen and oxygen atoms in total. The van der Waals surface area contributed by atoms with Gasteiger partial charge < -0.3 is 10.1 Å². The number of carbonyl (C=O) groups is 1. The molecule has 3 rings (SSSR count). The Morgan fingerprint density at radius 2 is 1.92 bits per heavy atom. The highest BCUT2D eigenvalue weighted by atomic mass is 16.6. The Morgan fingerprint density at radius 1 is 1.19 bits per heavy atom. The van der Waals surface area contributed by atoms with Crippen molar-refractivity contribution < 1.29 is 14.5 Å². The highest BCUT2D eigenvalue weighted by molar-refractivity contribution is 6.24. The molecule has 1 atom stereocenters. The van der Waals surface area contributed by atoms with Gasteiger partial charge in [0.1, 0.15) is 0 Å². The van der Waals surface area contributed by atoms with Crippen LogP contribution in [0.15, 0.2) is 54.6 Å². The van der Waals surface area contributed by atoms with E-state index in [1.807, 2.05) is 30.3 Å². The van der Waals surface area contributed by atoms with Crippen molar-refractivity contribution in [3.63, 3.8) is 0 Å². The second-order valence-electron chi connectivity index (χ2n) is 6.12. The number of nitro benzene ring substituents is 1. The molecule has 26 heavy (non-hydrogen) atoms. The van der Waals surface area contributed by atoms with Gasteiger partial charge in [0, 0.05) is 30.9 Å². The van der Waals surface area contributed by atoms with Crippen LogP contribution in [-0.2, 0) is 9.53 Å². The molecule has 1 N–H and O–H groups in total. The molecule has 1 heterocycles. The fraction of sp³-hybridized carbons (Fsp3) is 0.250. The average molecular weight is 352 g/mol. The first-order valence-corrected chi connectivity index (χ1v) is 8.55. The van der Waals surface area contributed by atoms with E-state index in [9.17, 15) is 14.9 Å². The van der Waals surface area contributed by atoms with E-state index in [2.05, 4.69) is 5.32 Å². The molecule has 1 aliphatic rings. The number of hydrogen-bond donors (Lipinski definition) is 1. The summed E-state index contributed by atoms with van der Waals surface area (Å²) < 4.78 is 5.54. The molecule has 0 unspecified atom stereocenters. The zero-order valence-electron chi connectivity index (χ0n) is 14.3. The van der Waals surface area contributed by atoms with Crippen molar-refractivity contribution >= 4 is 23.2 Å². The van der Waals surface area contributed by atoms with E-state index in [0.29, 0.717) is 12.1 Å². The van der Waals surface area contributed by atoms with Gasteiger partial charge in [0.2, 0.25) is 0 Å². The minimum Gasteiger partial charge on any atom is -0.376 e. The van der Waals surface area contributed by atoms with Gasteiger partial charge in [-0.15, -0.1) is 0 Å². The molecule has 0 aliphatic carbocycles. The summed E-state index contributed by atoms with van der Waals surface area (Å²) in [5.74, 6) is -0.190. The molecule has 0 radical (unpaired) electrons. The second-order valence-corrected chi connectivity index (χ2v) is 6.12. The second kappa shape index (κ2) is 8.40. The molecule has 2 aromatic carbocycles. The van der Waals surface area contributed by atoms with Gasteiger partial charge in [-0.1, -0.05) is 30.3 Å². The molecule has 0 bridgehead atoms. The Kier molecular flexibility index (Phi) is 5.76.